The minimum atomic E-state index is -1.23. The first kappa shape index (κ1) is 25.6. The van der Waals surface area contributed by atoms with Crippen LogP contribution in [0, 0.1) is 36.4 Å². The first-order valence-corrected chi connectivity index (χ1v) is 12.1. The van der Waals surface area contributed by atoms with E-state index in [9.17, 15) is 14.3 Å². The second-order valence-electron chi connectivity index (χ2n) is 9.32. The standard InChI is InChI=1S/C29H30F2N2O3/c1-19-5-6-20(16-27(19)31)4-3-14-33-15-12-21(25(18-33)29(34)35)7-9-26(30)23-11-13-32-28-10-8-22(36-2)17-24(23)28/h5-6,8,10-11,13,16-17,21,25-26H,7,9,12,14-15,18H2,1-2H3,(H,34,35)/t21-,25+,26?/m1/s1. The summed E-state index contributed by atoms with van der Waals surface area (Å²) in [5.74, 6) is 4.76. The molecule has 0 bridgehead atoms. The van der Waals surface area contributed by atoms with Crippen LogP contribution in [0.25, 0.3) is 10.9 Å². The zero-order valence-corrected chi connectivity index (χ0v) is 20.5. The number of aryl methyl sites for hydroxylation is 1. The lowest BCUT2D eigenvalue weighted by molar-refractivity contribution is -0.146. The van der Waals surface area contributed by atoms with Gasteiger partial charge in [-0.05, 0) is 86.2 Å². The molecule has 0 aliphatic carbocycles. The summed E-state index contributed by atoms with van der Waals surface area (Å²) in [6.07, 6.45) is 1.75. The van der Waals surface area contributed by atoms with E-state index < -0.39 is 18.1 Å². The molecule has 5 nitrogen and oxygen atoms in total. The Morgan fingerprint density at radius 2 is 2.11 bits per heavy atom. The topological polar surface area (TPSA) is 62.7 Å². The van der Waals surface area contributed by atoms with Crippen LogP contribution in [-0.4, -0.2) is 47.7 Å². The lowest BCUT2D eigenvalue weighted by Crippen LogP contribution is -2.44. The molecule has 1 fully saturated rings. The number of piperidine rings is 1. The fraction of sp³-hybridized carbons (Fsp3) is 0.379. The number of benzene rings is 2. The fourth-order valence-electron chi connectivity index (χ4n) is 4.82. The average molecular weight is 493 g/mol. The molecule has 188 valence electrons. The van der Waals surface area contributed by atoms with E-state index in [1.165, 1.54) is 6.07 Å². The number of alkyl halides is 1. The maximum absolute atomic E-state index is 15.4. The third kappa shape index (κ3) is 6.00. The number of likely N-dealkylation sites (tertiary alicyclic amines) is 1. The number of fused-ring (bicyclic) bond motifs is 1. The fourth-order valence-corrected chi connectivity index (χ4v) is 4.82. The number of aromatic nitrogens is 1. The number of carboxylic acids is 1. The highest BCUT2D eigenvalue weighted by Crippen LogP contribution is 2.35. The van der Waals surface area contributed by atoms with Crippen molar-refractivity contribution in [2.75, 3.05) is 26.7 Å². The third-order valence-corrected chi connectivity index (χ3v) is 6.98. The van der Waals surface area contributed by atoms with Gasteiger partial charge in [-0.2, -0.15) is 0 Å². The predicted octanol–water partition coefficient (Wildman–Crippen LogP) is 5.56. The number of pyridine rings is 1. The molecule has 2 heterocycles. The Bertz CT molecular complexity index is 1300. The van der Waals surface area contributed by atoms with Gasteiger partial charge in [0, 0.05) is 23.7 Å². The number of rotatable bonds is 7. The Kier molecular flexibility index (Phi) is 8.17. The third-order valence-electron chi connectivity index (χ3n) is 6.98. The lowest BCUT2D eigenvalue weighted by Gasteiger charge is -2.35. The summed E-state index contributed by atoms with van der Waals surface area (Å²) >= 11 is 0. The quantitative estimate of drug-likeness (QED) is 0.438. The molecule has 1 N–H and O–H groups in total. The average Bonchev–Trinajstić information content (AvgIpc) is 2.88. The molecule has 4 rings (SSSR count). The molecule has 2 aromatic carbocycles. The second kappa shape index (κ2) is 11.5. The Labute approximate surface area is 210 Å². The molecule has 7 heteroatoms. The Morgan fingerprint density at radius 3 is 2.86 bits per heavy atom. The van der Waals surface area contributed by atoms with Crippen LogP contribution in [0.4, 0.5) is 8.78 Å². The van der Waals surface area contributed by atoms with Gasteiger partial charge in [-0.1, -0.05) is 17.9 Å². The first-order chi connectivity index (χ1) is 17.4. The number of halogens is 2. The zero-order valence-electron chi connectivity index (χ0n) is 20.5. The molecule has 1 aliphatic rings. The second-order valence-corrected chi connectivity index (χ2v) is 9.32. The summed E-state index contributed by atoms with van der Waals surface area (Å²) in [6.45, 7) is 3.16. The van der Waals surface area contributed by atoms with Gasteiger partial charge in [-0.3, -0.25) is 14.7 Å². The van der Waals surface area contributed by atoms with Crippen LogP contribution in [0.3, 0.4) is 0 Å². The highest BCUT2D eigenvalue weighted by Gasteiger charge is 2.34. The van der Waals surface area contributed by atoms with Crippen LogP contribution >= 0.6 is 0 Å². The molecule has 36 heavy (non-hydrogen) atoms. The summed E-state index contributed by atoms with van der Waals surface area (Å²) in [7, 11) is 1.57. The van der Waals surface area contributed by atoms with Crippen molar-refractivity contribution < 1.29 is 23.4 Å². The SMILES string of the molecule is COc1ccc2nccc(C(F)CC[C@@H]3CCN(CC#Cc4ccc(C)c(F)c4)C[C@@H]3C(=O)O)c2c1. The molecule has 3 atom stereocenters. The van der Waals surface area contributed by atoms with Crippen molar-refractivity contribution in [1.82, 2.24) is 9.88 Å². The Hall–Kier alpha value is -3.50. The maximum atomic E-state index is 15.4. The van der Waals surface area contributed by atoms with E-state index in [0.717, 1.165) is 0 Å². The number of aliphatic carboxylic acids is 1. The first-order valence-electron chi connectivity index (χ1n) is 12.1. The summed E-state index contributed by atoms with van der Waals surface area (Å²) < 4.78 is 34.4. The van der Waals surface area contributed by atoms with Crippen LogP contribution in [0.1, 0.15) is 42.1 Å². The van der Waals surface area contributed by atoms with Crippen molar-refractivity contribution in [3.63, 3.8) is 0 Å². The van der Waals surface area contributed by atoms with Gasteiger partial charge in [-0.15, -0.1) is 0 Å². The molecule has 1 aliphatic heterocycles. The Balaban J connectivity index is 1.37. The summed E-state index contributed by atoms with van der Waals surface area (Å²) in [5, 5.41) is 10.6. The monoisotopic (exact) mass is 492 g/mol. The van der Waals surface area contributed by atoms with E-state index in [4.69, 9.17) is 4.74 Å². The van der Waals surface area contributed by atoms with E-state index in [2.05, 4.69) is 16.8 Å². The van der Waals surface area contributed by atoms with Gasteiger partial charge in [0.25, 0.3) is 0 Å². The summed E-state index contributed by atoms with van der Waals surface area (Å²) in [6, 6.07) is 11.9. The van der Waals surface area contributed by atoms with E-state index in [1.54, 1.807) is 56.6 Å². The normalized spacial score (nSPS) is 18.9. The molecular formula is C29H30F2N2O3. The minimum absolute atomic E-state index is 0.112. The summed E-state index contributed by atoms with van der Waals surface area (Å²) in [4.78, 5) is 18.3. The summed E-state index contributed by atoms with van der Waals surface area (Å²) in [5.41, 5.74) is 2.41. The van der Waals surface area contributed by atoms with Crippen LogP contribution in [0.2, 0.25) is 0 Å². The lowest BCUT2D eigenvalue weighted by atomic mass is 9.81. The molecule has 1 unspecified atom stereocenters. The maximum Gasteiger partial charge on any atom is 0.308 e. The molecule has 0 spiro atoms. The van der Waals surface area contributed by atoms with Gasteiger partial charge in [0.15, 0.2) is 0 Å². The molecule has 0 amide bonds. The number of hydrogen-bond donors (Lipinski definition) is 1. The molecule has 1 saturated heterocycles. The molecule has 0 saturated carbocycles. The molecule has 0 radical (unpaired) electrons. The smallest absolute Gasteiger partial charge is 0.308 e. The number of hydrogen-bond acceptors (Lipinski definition) is 4. The number of ether oxygens (including phenoxy) is 1. The molecular weight excluding hydrogens is 462 g/mol. The van der Waals surface area contributed by atoms with Crippen molar-refractivity contribution in [1.29, 1.82) is 0 Å². The van der Waals surface area contributed by atoms with Crippen molar-refractivity contribution in [2.45, 2.75) is 32.4 Å². The number of carboxylic acid groups (broad SMARTS) is 1. The Morgan fingerprint density at radius 1 is 1.28 bits per heavy atom. The predicted molar refractivity (Wildman–Crippen MR) is 135 cm³/mol. The van der Waals surface area contributed by atoms with Gasteiger partial charge < -0.3 is 9.84 Å². The van der Waals surface area contributed by atoms with Gasteiger partial charge in [0.2, 0.25) is 0 Å². The zero-order chi connectivity index (χ0) is 25.7. The van der Waals surface area contributed by atoms with Crippen molar-refractivity contribution >= 4 is 16.9 Å². The van der Waals surface area contributed by atoms with Gasteiger partial charge in [-0.25, -0.2) is 8.78 Å². The van der Waals surface area contributed by atoms with Crippen molar-refractivity contribution in [3.8, 4) is 17.6 Å². The number of nitrogens with zero attached hydrogens (tertiary/aromatic N) is 2. The van der Waals surface area contributed by atoms with Crippen molar-refractivity contribution in [2.24, 2.45) is 11.8 Å². The highest BCUT2D eigenvalue weighted by atomic mass is 19.1. The van der Waals surface area contributed by atoms with Gasteiger partial charge in [0.1, 0.15) is 17.7 Å². The van der Waals surface area contributed by atoms with Gasteiger partial charge >= 0.3 is 5.97 Å². The van der Waals surface area contributed by atoms with Crippen LogP contribution < -0.4 is 4.74 Å². The van der Waals surface area contributed by atoms with Crippen molar-refractivity contribution in [3.05, 3.63) is 71.2 Å². The van der Waals surface area contributed by atoms with Gasteiger partial charge in [0.05, 0.1) is 25.1 Å². The van der Waals surface area contributed by atoms with E-state index in [1.807, 2.05) is 4.90 Å². The van der Waals surface area contributed by atoms with Crippen LogP contribution in [-0.2, 0) is 4.79 Å². The van der Waals surface area contributed by atoms with Crippen LogP contribution in [0.5, 0.6) is 5.75 Å². The van der Waals surface area contributed by atoms with Crippen LogP contribution in [0.15, 0.2) is 48.7 Å². The largest absolute Gasteiger partial charge is 0.497 e. The van der Waals surface area contributed by atoms with E-state index >= 15 is 4.39 Å². The van der Waals surface area contributed by atoms with E-state index in [0.29, 0.717) is 65.8 Å². The number of carbonyl (C=O) groups is 1. The minimum Gasteiger partial charge on any atom is -0.497 e. The number of methoxy groups -OCH3 is 1. The molecule has 3 aromatic rings. The van der Waals surface area contributed by atoms with E-state index in [-0.39, 0.29) is 18.2 Å². The highest BCUT2D eigenvalue weighted by molar-refractivity contribution is 5.83. The molecule has 1 aromatic heterocycles.